The first-order valence-electron chi connectivity index (χ1n) is 5.29. The summed E-state index contributed by atoms with van der Waals surface area (Å²) in [5.41, 5.74) is 1.05. The minimum absolute atomic E-state index is 0.184. The monoisotopic (exact) mass is 192 g/mol. The summed E-state index contributed by atoms with van der Waals surface area (Å²) < 4.78 is 5.97. The van der Waals surface area contributed by atoms with Crippen molar-refractivity contribution in [2.24, 2.45) is 0 Å². The molecule has 0 aliphatic carbocycles. The van der Waals surface area contributed by atoms with Gasteiger partial charge in [0.25, 0.3) is 0 Å². The van der Waals surface area contributed by atoms with E-state index in [-0.39, 0.29) is 5.60 Å². The minimum Gasteiger partial charge on any atom is -0.368 e. The molecule has 0 spiro atoms. The van der Waals surface area contributed by atoms with Gasteiger partial charge in [0, 0.05) is 0 Å². The first-order chi connectivity index (χ1) is 6.56. The van der Waals surface area contributed by atoms with Crippen molar-refractivity contribution < 1.29 is 4.74 Å². The molecule has 1 unspecified atom stereocenters. The summed E-state index contributed by atoms with van der Waals surface area (Å²) >= 11 is 0. The summed E-state index contributed by atoms with van der Waals surface area (Å²) in [6.45, 7) is 8.50. The summed E-state index contributed by atoms with van der Waals surface area (Å²) in [4.78, 5) is 0. The fourth-order valence-corrected chi connectivity index (χ4v) is 1.49. The van der Waals surface area contributed by atoms with Crippen molar-refractivity contribution >= 4 is 0 Å². The molecule has 1 heteroatoms. The van der Waals surface area contributed by atoms with Gasteiger partial charge < -0.3 is 4.74 Å². The second kappa shape index (κ2) is 4.61. The van der Waals surface area contributed by atoms with Crippen LogP contribution in [0.4, 0.5) is 0 Å². The smallest absolute Gasteiger partial charge is 0.0878 e. The highest BCUT2D eigenvalue weighted by atomic mass is 16.5. The average Bonchev–Trinajstić information content (AvgIpc) is 2.18. The van der Waals surface area contributed by atoms with Crippen molar-refractivity contribution in [2.75, 3.05) is 0 Å². The zero-order chi connectivity index (χ0) is 10.6. The third-order valence-corrected chi connectivity index (χ3v) is 2.54. The Morgan fingerprint density at radius 1 is 1.21 bits per heavy atom. The summed E-state index contributed by atoms with van der Waals surface area (Å²) in [5, 5.41) is 0. The van der Waals surface area contributed by atoms with Crippen LogP contribution in [0.15, 0.2) is 30.3 Å². The van der Waals surface area contributed by atoms with Crippen molar-refractivity contribution in [3.63, 3.8) is 0 Å². The fourth-order valence-electron chi connectivity index (χ4n) is 1.49. The molecule has 0 radical (unpaired) electrons. The Balaban J connectivity index is 2.75. The van der Waals surface area contributed by atoms with E-state index in [4.69, 9.17) is 4.74 Å². The number of hydrogen-bond donors (Lipinski definition) is 0. The Kier molecular flexibility index (Phi) is 3.70. The Hall–Kier alpha value is -0.820. The Morgan fingerprint density at radius 2 is 1.79 bits per heavy atom. The van der Waals surface area contributed by atoms with E-state index in [9.17, 15) is 0 Å². The van der Waals surface area contributed by atoms with Crippen LogP contribution in [-0.2, 0) is 10.3 Å². The zero-order valence-corrected chi connectivity index (χ0v) is 9.58. The molecule has 0 bridgehead atoms. The maximum absolute atomic E-state index is 5.97. The van der Waals surface area contributed by atoms with E-state index < -0.39 is 0 Å². The predicted molar refractivity (Wildman–Crippen MR) is 60.3 cm³/mol. The maximum atomic E-state index is 5.97. The van der Waals surface area contributed by atoms with Crippen molar-refractivity contribution in [1.82, 2.24) is 0 Å². The molecule has 0 amide bonds. The molecular weight excluding hydrogens is 172 g/mol. The number of ether oxygens (including phenoxy) is 1. The summed E-state index contributed by atoms with van der Waals surface area (Å²) in [6.07, 6.45) is 1.36. The Labute approximate surface area is 87.1 Å². The van der Waals surface area contributed by atoms with Crippen LogP contribution in [-0.4, -0.2) is 6.10 Å². The number of benzene rings is 1. The number of hydrogen-bond acceptors (Lipinski definition) is 1. The van der Waals surface area contributed by atoms with E-state index >= 15 is 0 Å². The lowest BCUT2D eigenvalue weighted by Gasteiger charge is -2.29. The lowest BCUT2D eigenvalue weighted by molar-refractivity contribution is -0.0691. The molecule has 0 saturated heterocycles. The van der Waals surface area contributed by atoms with Crippen LogP contribution in [0.3, 0.4) is 0 Å². The molecule has 78 valence electrons. The Morgan fingerprint density at radius 3 is 2.29 bits per heavy atom. The van der Waals surface area contributed by atoms with Gasteiger partial charge >= 0.3 is 0 Å². The quantitative estimate of drug-likeness (QED) is 0.706. The largest absolute Gasteiger partial charge is 0.368 e. The fraction of sp³-hybridized carbons (Fsp3) is 0.538. The summed E-state index contributed by atoms with van der Waals surface area (Å²) in [6, 6.07) is 10.4. The molecule has 0 aliphatic heterocycles. The van der Waals surface area contributed by atoms with Crippen LogP contribution in [0.25, 0.3) is 0 Å². The van der Waals surface area contributed by atoms with Crippen LogP contribution in [0.5, 0.6) is 0 Å². The maximum Gasteiger partial charge on any atom is 0.0878 e. The topological polar surface area (TPSA) is 9.23 Å². The standard InChI is InChI=1S/C13H20O/c1-5-11(2)14-13(3,4)12-9-7-6-8-10-12/h6-11H,5H2,1-4H3. The van der Waals surface area contributed by atoms with Gasteiger partial charge in [-0.05, 0) is 32.8 Å². The van der Waals surface area contributed by atoms with Crippen LogP contribution >= 0.6 is 0 Å². The van der Waals surface area contributed by atoms with Crippen molar-refractivity contribution in [2.45, 2.75) is 45.8 Å². The van der Waals surface area contributed by atoms with Gasteiger partial charge in [-0.3, -0.25) is 0 Å². The first kappa shape index (κ1) is 11.3. The molecule has 0 heterocycles. The zero-order valence-electron chi connectivity index (χ0n) is 9.58. The van der Waals surface area contributed by atoms with Crippen LogP contribution in [0.2, 0.25) is 0 Å². The molecule has 1 nitrogen and oxygen atoms in total. The molecule has 0 saturated carbocycles. The number of rotatable bonds is 4. The molecule has 1 rings (SSSR count). The second-order valence-electron chi connectivity index (χ2n) is 4.21. The van der Waals surface area contributed by atoms with E-state index in [1.54, 1.807) is 0 Å². The first-order valence-corrected chi connectivity index (χ1v) is 5.29. The molecule has 0 fully saturated rings. The van der Waals surface area contributed by atoms with Crippen molar-refractivity contribution in [3.8, 4) is 0 Å². The summed E-state index contributed by atoms with van der Waals surface area (Å²) in [5.74, 6) is 0. The normalized spacial score (nSPS) is 14.0. The van der Waals surface area contributed by atoms with Gasteiger partial charge in [0.1, 0.15) is 0 Å². The molecule has 14 heavy (non-hydrogen) atoms. The van der Waals surface area contributed by atoms with E-state index in [1.807, 2.05) is 6.07 Å². The third-order valence-electron chi connectivity index (χ3n) is 2.54. The molecule has 1 atom stereocenters. The third kappa shape index (κ3) is 2.85. The van der Waals surface area contributed by atoms with Gasteiger partial charge in [0.15, 0.2) is 0 Å². The van der Waals surface area contributed by atoms with Gasteiger partial charge in [-0.1, -0.05) is 37.3 Å². The molecule has 0 aliphatic rings. The molecule has 1 aromatic rings. The van der Waals surface area contributed by atoms with E-state index in [1.165, 1.54) is 5.56 Å². The second-order valence-corrected chi connectivity index (χ2v) is 4.21. The average molecular weight is 192 g/mol. The van der Waals surface area contributed by atoms with Crippen LogP contribution < -0.4 is 0 Å². The summed E-state index contributed by atoms with van der Waals surface area (Å²) in [7, 11) is 0. The Bertz CT molecular complexity index is 264. The van der Waals surface area contributed by atoms with E-state index in [2.05, 4.69) is 52.0 Å². The molecular formula is C13H20O. The van der Waals surface area contributed by atoms with Gasteiger partial charge in [-0.15, -0.1) is 0 Å². The van der Waals surface area contributed by atoms with E-state index in [0.29, 0.717) is 6.10 Å². The molecule has 1 aromatic carbocycles. The SMILES string of the molecule is CCC(C)OC(C)(C)c1ccccc1. The highest BCUT2D eigenvalue weighted by Crippen LogP contribution is 2.26. The van der Waals surface area contributed by atoms with Gasteiger partial charge in [-0.25, -0.2) is 0 Å². The van der Waals surface area contributed by atoms with E-state index in [0.717, 1.165) is 6.42 Å². The van der Waals surface area contributed by atoms with Crippen molar-refractivity contribution in [1.29, 1.82) is 0 Å². The molecule has 0 aromatic heterocycles. The van der Waals surface area contributed by atoms with Gasteiger partial charge in [0.05, 0.1) is 11.7 Å². The minimum atomic E-state index is -0.184. The predicted octanol–water partition coefficient (Wildman–Crippen LogP) is 3.74. The highest BCUT2D eigenvalue weighted by molar-refractivity contribution is 5.20. The lowest BCUT2D eigenvalue weighted by Crippen LogP contribution is -2.26. The van der Waals surface area contributed by atoms with Crippen LogP contribution in [0.1, 0.15) is 39.7 Å². The van der Waals surface area contributed by atoms with Gasteiger partial charge in [-0.2, -0.15) is 0 Å². The highest BCUT2D eigenvalue weighted by Gasteiger charge is 2.22. The lowest BCUT2D eigenvalue weighted by atomic mass is 9.98. The van der Waals surface area contributed by atoms with Crippen LogP contribution in [0, 0.1) is 0 Å². The van der Waals surface area contributed by atoms with Gasteiger partial charge in [0.2, 0.25) is 0 Å². The van der Waals surface area contributed by atoms with Crippen molar-refractivity contribution in [3.05, 3.63) is 35.9 Å². The molecule has 0 N–H and O–H groups in total.